The maximum atomic E-state index is 5.21. The van der Waals surface area contributed by atoms with Crippen molar-refractivity contribution in [2.75, 3.05) is 19.7 Å². The lowest BCUT2D eigenvalue weighted by Gasteiger charge is -2.23. The van der Waals surface area contributed by atoms with E-state index >= 15 is 0 Å². The molecule has 100 valence electrons. The molecule has 0 aromatic rings. The van der Waals surface area contributed by atoms with Crippen LogP contribution in [0.3, 0.4) is 0 Å². The molecule has 0 unspecified atom stereocenters. The van der Waals surface area contributed by atoms with E-state index in [1.54, 1.807) is 0 Å². The number of hydrogen-bond donors (Lipinski definition) is 1. The highest BCUT2D eigenvalue weighted by Crippen LogP contribution is 1.98. The minimum absolute atomic E-state index is 0.224. The number of nitrogens with one attached hydrogen (secondary N) is 1. The molecule has 0 atom stereocenters. The van der Waals surface area contributed by atoms with E-state index in [0.717, 1.165) is 32.4 Å². The van der Waals surface area contributed by atoms with Crippen molar-refractivity contribution in [1.29, 1.82) is 0 Å². The third-order valence-electron chi connectivity index (χ3n) is 1.90. The van der Waals surface area contributed by atoms with Crippen LogP contribution in [-0.4, -0.2) is 34.9 Å². The molecule has 0 fully saturated rings. The largest absolute Gasteiger partial charge is 0.469 e. The van der Waals surface area contributed by atoms with Crippen LogP contribution >= 0.6 is 24.4 Å². The number of ether oxygens (including phenoxy) is 1. The molecule has 1 N–H and O–H groups in total. The standard InChI is InChI=1S/C11H22N2O2S2/c1-4-7-13(8-5-2)11(17)15-12-10(16)14-9-6-3/h4-9H2,1-3H3,(H,12,16). The second-order valence-electron chi connectivity index (χ2n) is 3.59. The summed E-state index contributed by atoms with van der Waals surface area (Å²) in [6.45, 7) is 8.57. The lowest BCUT2D eigenvalue weighted by molar-refractivity contribution is 0.165. The summed E-state index contributed by atoms with van der Waals surface area (Å²) in [6.07, 6.45) is 2.96. The monoisotopic (exact) mass is 278 g/mol. The summed E-state index contributed by atoms with van der Waals surface area (Å²) in [5.41, 5.74) is 2.54. The molecule has 0 spiro atoms. The van der Waals surface area contributed by atoms with Crippen LogP contribution in [0.2, 0.25) is 0 Å². The van der Waals surface area contributed by atoms with E-state index in [1.807, 2.05) is 11.8 Å². The summed E-state index contributed by atoms with van der Waals surface area (Å²) in [4.78, 5) is 7.21. The van der Waals surface area contributed by atoms with Crippen molar-refractivity contribution in [2.24, 2.45) is 0 Å². The van der Waals surface area contributed by atoms with Crippen LogP contribution in [0.4, 0.5) is 0 Å². The van der Waals surface area contributed by atoms with Crippen LogP contribution in [0.25, 0.3) is 0 Å². The second kappa shape index (κ2) is 10.5. The molecule has 0 heterocycles. The lowest BCUT2D eigenvalue weighted by atomic mass is 10.4. The molecule has 4 nitrogen and oxygen atoms in total. The van der Waals surface area contributed by atoms with Gasteiger partial charge >= 0.3 is 0 Å². The Morgan fingerprint density at radius 2 is 1.65 bits per heavy atom. The van der Waals surface area contributed by atoms with Crippen molar-refractivity contribution in [1.82, 2.24) is 10.4 Å². The molecule has 0 saturated carbocycles. The summed E-state index contributed by atoms with van der Waals surface area (Å²) < 4.78 is 5.16. The summed E-state index contributed by atoms with van der Waals surface area (Å²) in [7, 11) is 0. The molecular weight excluding hydrogens is 256 g/mol. The number of thiocarbonyl (C=S) groups is 2. The van der Waals surface area contributed by atoms with Gasteiger partial charge in [0.2, 0.25) is 0 Å². The quantitative estimate of drug-likeness (QED) is 0.594. The van der Waals surface area contributed by atoms with E-state index in [0.29, 0.717) is 11.8 Å². The molecule has 0 bridgehead atoms. The van der Waals surface area contributed by atoms with Gasteiger partial charge in [-0.1, -0.05) is 20.8 Å². The highest BCUT2D eigenvalue weighted by atomic mass is 32.1. The predicted octanol–water partition coefficient (Wildman–Crippen LogP) is 2.63. The SMILES string of the molecule is CCCOC(=S)NOC(=S)N(CCC)CCC. The van der Waals surface area contributed by atoms with Crippen LogP contribution in [0.1, 0.15) is 40.0 Å². The van der Waals surface area contributed by atoms with Gasteiger partial charge in [-0.15, -0.1) is 0 Å². The molecule has 0 aliphatic carbocycles. The zero-order valence-electron chi connectivity index (χ0n) is 10.8. The molecular formula is C11H22N2O2S2. The topological polar surface area (TPSA) is 33.7 Å². The van der Waals surface area contributed by atoms with Crippen molar-refractivity contribution in [2.45, 2.75) is 40.0 Å². The van der Waals surface area contributed by atoms with E-state index in [1.165, 1.54) is 0 Å². The Morgan fingerprint density at radius 1 is 1.06 bits per heavy atom. The molecule has 0 aliphatic rings. The highest BCUT2D eigenvalue weighted by molar-refractivity contribution is 7.80. The lowest BCUT2D eigenvalue weighted by Crippen LogP contribution is -2.38. The van der Waals surface area contributed by atoms with Gasteiger partial charge < -0.3 is 14.5 Å². The summed E-state index contributed by atoms with van der Waals surface area (Å²) in [6, 6.07) is 0. The Hall–Kier alpha value is -0.620. The first-order valence-electron chi connectivity index (χ1n) is 6.04. The Bertz CT molecular complexity index is 232. The molecule has 0 aliphatic heterocycles. The van der Waals surface area contributed by atoms with Crippen LogP contribution in [0.15, 0.2) is 0 Å². The van der Waals surface area contributed by atoms with Gasteiger partial charge in [-0.05, 0) is 43.7 Å². The van der Waals surface area contributed by atoms with E-state index in [2.05, 4.69) is 19.3 Å². The van der Waals surface area contributed by atoms with E-state index in [4.69, 9.17) is 34.0 Å². The van der Waals surface area contributed by atoms with Crippen LogP contribution in [0, 0.1) is 0 Å². The molecule has 6 heteroatoms. The number of hydrogen-bond acceptors (Lipinski definition) is 4. The molecule has 0 rings (SSSR count). The van der Waals surface area contributed by atoms with Gasteiger partial charge in [0.25, 0.3) is 10.3 Å². The maximum Gasteiger partial charge on any atom is 0.290 e. The van der Waals surface area contributed by atoms with Crippen molar-refractivity contribution < 1.29 is 9.57 Å². The normalized spacial score (nSPS) is 9.59. The Balaban J connectivity index is 3.91. The van der Waals surface area contributed by atoms with E-state index < -0.39 is 0 Å². The highest BCUT2D eigenvalue weighted by Gasteiger charge is 2.09. The van der Waals surface area contributed by atoms with Gasteiger partial charge in [0.15, 0.2) is 0 Å². The molecule has 17 heavy (non-hydrogen) atoms. The fourth-order valence-electron chi connectivity index (χ4n) is 1.21. The Morgan fingerprint density at radius 3 is 2.12 bits per heavy atom. The Labute approximate surface area is 115 Å². The van der Waals surface area contributed by atoms with Crippen molar-refractivity contribution >= 4 is 34.8 Å². The maximum absolute atomic E-state index is 5.21. The van der Waals surface area contributed by atoms with Crippen LogP contribution < -0.4 is 5.48 Å². The fourth-order valence-corrected chi connectivity index (χ4v) is 1.56. The van der Waals surface area contributed by atoms with E-state index in [9.17, 15) is 0 Å². The van der Waals surface area contributed by atoms with Crippen LogP contribution in [0.5, 0.6) is 0 Å². The summed E-state index contributed by atoms with van der Waals surface area (Å²) in [5.74, 6) is 0. The zero-order valence-corrected chi connectivity index (χ0v) is 12.5. The van der Waals surface area contributed by atoms with Gasteiger partial charge in [0.05, 0.1) is 6.61 Å². The van der Waals surface area contributed by atoms with Crippen molar-refractivity contribution in [3.63, 3.8) is 0 Å². The number of nitrogens with zero attached hydrogens (tertiary/aromatic N) is 1. The molecule has 0 aromatic carbocycles. The molecule has 0 radical (unpaired) electrons. The number of hydroxylamine groups is 1. The first-order valence-corrected chi connectivity index (χ1v) is 6.85. The Kier molecular flexibility index (Phi) is 10.1. The third kappa shape index (κ3) is 8.15. The van der Waals surface area contributed by atoms with Gasteiger partial charge in [0.1, 0.15) is 0 Å². The summed E-state index contributed by atoms with van der Waals surface area (Å²) in [5, 5.41) is 0.637. The van der Waals surface area contributed by atoms with Crippen molar-refractivity contribution in [3.8, 4) is 0 Å². The average molecular weight is 278 g/mol. The number of rotatable bonds is 6. The third-order valence-corrected chi connectivity index (χ3v) is 2.45. The van der Waals surface area contributed by atoms with Gasteiger partial charge in [-0.2, -0.15) is 5.48 Å². The van der Waals surface area contributed by atoms with Gasteiger partial charge in [-0.25, -0.2) is 0 Å². The summed E-state index contributed by atoms with van der Waals surface area (Å²) >= 11 is 10.1. The molecule has 0 saturated heterocycles. The first kappa shape index (κ1) is 16.4. The minimum Gasteiger partial charge on any atom is -0.469 e. The minimum atomic E-state index is 0.224. The first-order chi connectivity index (χ1) is 8.15. The second-order valence-corrected chi connectivity index (χ2v) is 4.31. The average Bonchev–Trinajstić information content (AvgIpc) is 2.33. The van der Waals surface area contributed by atoms with Gasteiger partial charge in [-0.3, -0.25) is 0 Å². The van der Waals surface area contributed by atoms with Crippen molar-refractivity contribution in [3.05, 3.63) is 0 Å². The smallest absolute Gasteiger partial charge is 0.290 e. The predicted molar refractivity (Wildman–Crippen MR) is 77.8 cm³/mol. The van der Waals surface area contributed by atoms with E-state index in [-0.39, 0.29) is 5.17 Å². The molecule has 0 aromatic heterocycles. The molecule has 0 amide bonds. The zero-order chi connectivity index (χ0) is 13.1. The fraction of sp³-hybridized carbons (Fsp3) is 0.818. The van der Waals surface area contributed by atoms with Crippen LogP contribution in [-0.2, 0) is 9.57 Å². The van der Waals surface area contributed by atoms with Gasteiger partial charge in [0, 0.05) is 13.1 Å².